The number of carboxylic acids is 1. The first-order chi connectivity index (χ1) is 11.6. The van der Waals surface area contributed by atoms with E-state index >= 15 is 0 Å². The minimum Gasteiger partial charge on any atom is -0.477 e. The Morgan fingerprint density at radius 3 is 2.33 bits per heavy atom. The highest BCUT2D eigenvalue weighted by Crippen LogP contribution is 2.34. The molecule has 1 aliphatic rings. The molecule has 1 aromatic heterocycles. The highest BCUT2D eigenvalue weighted by molar-refractivity contribution is 7.16. The predicted molar refractivity (Wildman–Crippen MR) is 91.7 cm³/mol. The fourth-order valence-electron chi connectivity index (χ4n) is 3.05. The van der Waals surface area contributed by atoms with Crippen LogP contribution in [0.2, 0.25) is 0 Å². The van der Waals surface area contributed by atoms with E-state index < -0.39 is 12.1 Å². The van der Waals surface area contributed by atoms with Crippen LogP contribution in [-0.4, -0.2) is 28.6 Å². The summed E-state index contributed by atoms with van der Waals surface area (Å²) >= 11 is 1.05. The van der Waals surface area contributed by atoms with E-state index in [-0.39, 0.29) is 17.3 Å². The van der Waals surface area contributed by atoms with E-state index in [1.165, 1.54) is 0 Å². The maximum Gasteiger partial charge on any atom is 0.346 e. The van der Waals surface area contributed by atoms with E-state index in [1.807, 2.05) is 18.2 Å². The molecule has 1 atom stereocenters. The number of nitrogens with one attached hydrogen (secondary N) is 1. The minimum atomic E-state index is -0.971. The number of aliphatic hydroxyl groups is 1. The summed E-state index contributed by atoms with van der Waals surface area (Å²) < 4.78 is 0. The predicted octanol–water partition coefficient (Wildman–Crippen LogP) is 2.79. The number of aliphatic hydroxyl groups excluding tert-OH is 1. The number of benzene rings is 1. The summed E-state index contributed by atoms with van der Waals surface area (Å²) in [5.74, 6) is -1.28. The van der Waals surface area contributed by atoms with Gasteiger partial charge >= 0.3 is 5.97 Å². The van der Waals surface area contributed by atoms with Crippen molar-refractivity contribution in [3.8, 4) is 0 Å². The first-order valence-corrected chi connectivity index (χ1v) is 8.78. The van der Waals surface area contributed by atoms with Gasteiger partial charge in [0, 0.05) is 6.54 Å². The molecule has 0 saturated carbocycles. The molecule has 0 unspecified atom stereocenters. The summed E-state index contributed by atoms with van der Waals surface area (Å²) in [5, 5.41) is 22.2. The fourth-order valence-corrected chi connectivity index (χ4v) is 4.20. The van der Waals surface area contributed by atoms with Gasteiger partial charge in [-0.2, -0.15) is 0 Å². The lowest BCUT2D eigenvalue weighted by Gasteiger charge is -2.15. The van der Waals surface area contributed by atoms with E-state index in [0.717, 1.165) is 47.3 Å². The number of hydrogen-bond acceptors (Lipinski definition) is 4. The molecule has 1 heterocycles. The van der Waals surface area contributed by atoms with Crippen LogP contribution in [-0.2, 0) is 12.8 Å². The Labute approximate surface area is 144 Å². The van der Waals surface area contributed by atoms with Gasteiger partial charge < -0.3 is 15.5 Å². The molecule has 0 aliphatic heterocycles. The van der Waals surface area contributed by atoms with E-state index in [4.69, 9.17) is 0 Å². The molecular weight excluding hydrogens is 326 g/mol. The molecule has 1 aromatic carbocycles. The van der Waals surface area contributed by atoms with Crippen molar-refractivity contribution in [2.24, 2.45) is 0 Å². The van der Waals surface area contributed by atoms with Crippen molar-refractivity contribution in [1.29, 1.82) is 0 Å². The highest BCUT2D eigenvalue weighted by Gasteiger charge is 2.27. The Morgan fingerprint density at radius 2 is 1.71 bits per heavy atom. The number of rotatable bonds is 5. The highest BCUT2D eigenvalue weighted by atomic mass is 32.1. The van der Waals surface area contributed by atoms with Crippen molar-refractivity contribution in [2.75, 3.05) is 6.54 Å². The Morgan fingerprint density at radius 1 is 1.08 bits per heavy atom. The van der Waals surface area contributed by atoms with Crippen molar-refractivity contribution in [3.05, 3.63) is 56.8 Å². The SMILES string of the molecule is O=C(O)c1sc(C(=O)NC[C@@H](O)c2ccccc2)c2c1CCCC2. The smallest absolute Gasteiger partial charge is 0.346 e. The maximum atomic E-state index is 12.5. The summed E-state index contributed by atoms with van der Waals surface area (Å²) in [4.78, 5) is 24.6. The molecule has 0 radical (unpaired) electrons. The summed E-state index contributed by atoms with van der Waals surface area (Å²) in [7, 11) is 0. The van der Waals surface area contributed by atoms with Crippen LogP contribution < -0.4 is 5.32 Å². The summed E-state index contributed by atoms with van der Waals surface area (Å²) in [6.07, 6.45) is 2.59. The van der Waals surface area contributed by atoms with Crippen LogP contribution in [0.1, 0.15) is 55.0 Å². The number of aromatic carboxylic acids is 1. The molecule has 6 heteroatoms. The van der Waals surface area contributed by atoms with Gasteiger partial charge in [-0.25, -0.2) is 4.79 Å². The van der Waals surface area contributed by atoms with Crippen LogP contribution in [0.3, 0.4) is 0 Å². The van der Waals surface area contributed by atoms with Gasteiger partial charge in [-0.15, -0.1) is 11.3 Å². The number of amides is 1. The fraction of sp³-hybridized carbons (Fsp3) is 0.333. The van der Waals surface area contributed by atoms with Crippen LogP contribution in [0.15, 0.2) is 30.3 Å². The number of hydrogen-bond donors (Lipinski definition) is 3. The molecular formula is C18H19NO4S. The number of fused-ring (bicyclic) bond motifs is 1. The van der Waals surface area contributed by atoms with Crippen molar-refractivity contribution in [1.82, 2.24) is 5.32 Å². The summed E-state index contributed by atoms with van der Waals surface area (Å²) in [5.41, 5.74) is 2.42. The second kappa shape index (κ2) is 7.15. The van der Waals surface area contributed by atoms with Crippen LogP contribution in [0.25, 0.3) is 0 Å². The first-order valence-electron chi connectivity index (χ1n) is 7.97. The largest absolute Gasteiger partial charge is 0.477 e. The normalized spacial score (nSPS) is 14.7. The zero-order valence-corrected chi connectivity index (χ0v) is 13.9. The number of carbonyl (C=O) groups is 2. The summed E-state index contributed by atoms with van der Waals surface area (Å²) in [6.45, 7) is 0.0952. The van der Waals surface area contributed by atoms with Crippen LogP contribution in [0, 0.1) is 0 Å². The first kappa shape index (κ1) is 16.7. The van der Waals surface area contributed by atoms with Crippen molar-refractivity contribution >= 4 is 23.2 Å². The van der Waals surface area contributed by atoms with Gasteiger partial charge in [-0.1, -0.05) is 30.3 Å². The minimum absolute atomic E-state index is 0.0952. The van der Waals surface area contributed by atoms with Crippen molar-refractivity contribution in [3.63, 3.8) is 0 Å². The molecule has 0 bridgehead atoms. The molecule has 0 spiro atoms. The summed E-state index contributed by atoms with van der Waals surface area (Å²) in [6, 6.07) is 9.11. The van der Waals surface area contributed by atoms with E-state index in [9.17, 15) is 19.8 Å². The monoisotopic (exact) mass is 345 g/mol. The number of carbonyl (C=O) groups excluding carboxylic acids is 1. The van der Waals surface area contributed by atoms with E-state index in [2.05, 4.69) is 5.32 Å². The van der Waals surface area contributed by atoms with Crippen molar-refractivity contribution < 1.29 is 19.8 Å². The van der Waals surface area contributed by atoms with Gasteiger partial charge in [0.05, 0.1) is 11.0 Å². The third kappa shape index (κ3) is 3.34. The lowest BCUT2D eigenvalue weighted by atomic mass is 9.92. The van der Waals surface area contributed by atoms with Gasteiger partial charge in [-0.3, -0.25) is 4.79 Å². The molecule has 3 rings (SSSR count). The molecule has 3 N–H and O–H groups in total. The van der Waals surface area contributed by atoms with Gasteiger partial charge in [-0.05, 0) is 42.4 Å². The third-order valence-corrected chi connectivity index (χ3v) is 5.52. The number of carboxylic acid groups (broad SMARTS) is 1. The molecule has 2 aromatic rings. The Kier molecular flexibility index (Phi) is 4.97. The molecule has 126 valence electrons. The zero-order valence-electron chi connectivity index (χ0n) is 13.1. The molecule has 0 fully saturated rings. The number of thiophene rings is 1. The zero-order chi connectivity index (χ0) is 17.1. The third-order valence-electron chi connectivity index (χ3n) is 4.26. The van der Waals surface area contributed by atoms with E-state index in [0.29, 0.717) is 11.3 Å². The molecule has 0 saturated heterocycles. The topological polar surface area (TPSA) is 86.6 Å². The Balaban J connectivity index is 1.75. The second-order valence-corrected chi connectivity index (χ2v) is 6.89. The lowest BCUT2D eigenvalue weighted by molar-refractivity contribution is 0.0700. The maximum absolute atomic E-state index is 12.5. The molecule has 1 aliphatic carbocycles. The average molecular weight is 345 g/mol. The van der Waals surface area contributed by atoms with Gasteiger partial charge in [0.25, 0.3) is 5.91 Å². The molecule has 5 nitrogen and oxygen atoms in total. The van der Waals surface area contributed by atoms with Gasteiger partial charge in [0.15, 0.2) is 0 Å². The Bertz CT molecular complexity index is 754. The lowest BCUT2D eigenvalue weighted by Crippen LogP contribution is -2.28. The Hall–Kier alpha value is -2.18. The van der Waals surface area contributed by atoms with Gasteiger partial charge in [0.1, 0.15) is 4.88 Å². The van der Waals surface area contributed by atoms with Crippen LogP contribution in [0.5, 0.6) is 0 Å². The van der Waals surface area contributed by atoms with Crippen molar-refractivity contribution in [2.45, 2.75) is 31.8 Å². The average Bonchev–Trinajstić information content (AvgIpc) is 3.00. The van der Waals surface area contributed by atoms with Crippen LogP contribution >= 0.6 is 11.3 Å². The van der Waals surface area contributed by atoms with Gasteiger partial charge in [0.2, 0.25) is 0 Å². The second-order valence-electron chi connectivity index (χ2n) is 5.87. The van der Waals surface area contributed by atoms with Crippen LogP contribution in [0.4, 0.5) is 0 Å². The quantitative estimate of drug-likeness (QED) is 0.778. The molecule has 24 heavy (non-hydrogen) atoms. The standard InChI is InChI=1S/C18H19NO4S/c20-14(11-6-2-1-3-7-11)10-19-17(21)15-12-8-4-5-9-13(12)16(24-15)18(22)23/h1-3,6-7,14,20H,4-5,8-10H2,(H,19,21)(H,22,23)/t14-/m1/s1. The van der Waals surface area contributed by atoms with E-state index in [1.54, 1.807) is 12.1 Å². The molecule has 1 amide bonds.